The smallest absolute Gasteiger partial charge is 0.322 e. The number of urea groups is 1. The lowest BCUT2D eigenvalue weighted by molar-refractivity contribution is 0.122. The summed E-state index contributed by atoms with van der Waals surface area (Å²) in [6, 6.07) is 16.3. The van der Waals surface area contributed by atoms with E-state index in [1.807, 2.05) is 35.4 Å². The van der Waals surface area contributed by atoms with Crippen molar-refractivity contribution in [2.24, 2.45) is 0 Å². The van der Waals surface area contributed by atoms with Crippen molar-refractivity contribution in [3.05, 3.63) is 76.7 Å². The molecule has 2 amide bonds. The van der Waals surface area contributed by atoms with Crippen molar-refractivity contribution in [3.8, 4) is 0 Å². The van der Waals surface area contributed by atoms with Crippen molar-refractivity contribution in [3.63, 3.8) is 0 Å². The third-order valence-corrected chi connectivity index (χ3v) is 7.21. The lowest BCUT2D eigenvalue weighted by Crippen LogP contribution is -2.42. The van der Waals surface area contributed by atoms with E-state index in [2.05, 4.69) is 41.4 Å². The molecule has 1 saturated heterocycles. The minimum atomic E-state index is -0.0932. The number of benzene rings is 2. The Morgan fingerprint density at radius 1 is 1.09 bits per heavy atom. The van der Waals surface area contributed by atoms with Crippen LogP contribution in [0.25, 0.3) is 0 Å². The molecule has 2 aromatic carbocycles. The van der Waals surface area contributed by atoms with Crippen LogP contribution in [0.1, 0.15) is 28.2 Å². The van der Waals surface area contributed by atoms with Gasteiger partial charge in [0, 0.05) is 48.6 Å². The second kappa shape index (κ2) is 10.7. The summed E-state index contributed by atoms with van der Waals surface area (Å²) >= 11 is 1.68. The fourth-order valence-electron chi connectivity index (χ4n) is 4.62. The average molecular weight is 490 g/mol. The van der Waals surface area contributed by atoms with Crippen molar-refractivity contribution in [2.45, 2.75) is 31.2 Å². The van der Waals surface area contributed by atoms with Crippen LogP contribution in [0.15, 0.2) is 53.4 Å². The van der Waals surface area contributed by atoms with Crippen molar-refractivity contribution < 1.29 is 9.53 Å². The molecule has 2 aliphatic rings. The van der Waals surface area contributed by atoms with Gasteiger partial charge in [0.05, 0.1) is 25.5 Å². The second-order valence-electron chi connectivity index (χ2n) is 8.98. The van der Waals surface area contributed by atoms with Crippen LogP contribution in [0, 0.1) is 6.92 Å². The zero-order valence-corrected chi connectivity index (χ0v) is 21.1. The summed E-state index contributed by atoms with van der Waals surface area (Å²) in [5.41, 5.74) is 5.36. The number of amides is 2. The van der Waals surface area contributed by atoms with Gasteiger partial charge in [-0.2, -0.15) is 0 Å². The largest absolute Gasteiger partial charge is 0.378 e. The summed E-state index contributed by atoms with van der Waals surface area (Å²) in [6.07, 6.45) is 3.45. The number of thioether (sulfide) groups is 1. The molecule has 8 heteroatoms. The molecule has 0 spiro atoms. The molecule has 35 heavy (non-hydrogen) atoms. The Morgan fingerprint density at radius 2 is 1.89 bits per heavy atom. The van der Waals surface area contributed by atoms with Crippen LogP contribution >= 0.6 is 11.8 Å². The Bertz CT molecular complexity index is 1190. The fraction of sp³-hybridized carbons (Fsp3) is 0.370. The molecule has 3 heterocycles. The van der Waals surface area contributed by atoms with Crippen molar-refractivity contribution in [1.82, 2.24) is 14.9 Å². The number of carbonyl (C=O) groups is 1. The third kappa shape index (κ3) is 5.60. The van der Waals surface area contributed by atoms with Gasteiger partial charge in [-0.1, -0.05) is 29.8 Å². The Hall–Kier alpha value is -3.10. The van der Waals surface area contributed by atoms with Gasteiger partial charge in [0.25, 0.3) is 0 Å². The highest BCUT2D eigenvalue weighted by atomic mass is 32.2. The molecule has 182 valence electrons. The molecular formula is C27H31N5O2S. The van der Waals surface area contributed by atoms with Crippen LogP contribution in [-0.4, -0.2) is 60.0 Å². The number of carbonyl (C=O) groups excluding carboxylic acids is 1. The van der Waals surface area contributed by atoms with E-state index in [0.29, 0.717) is 32.7 Å². The highest BCUT2D eigenvalue weighted by Gasteiger charge is 2.28. The van der Waals surface area contributed by atoms with Gasteiger partial charge >= 0.3 is 6.03 Å². The molecule has 1 fully saturated rings. The maximum absolute atomic E-state index is 13.1. The molecule has 5 rings (SSSR count). The molecule has 3 aromatic rings. The molecule has 0 bridgehead atoms. The topological polar surface area (TPSA) is 70.6 Å². The van der Waals surface area contributed by atoms with E-state index in [4.69, 9.17) is 14.7 Å². The summed E-state index contributed by atoms with van der Waals surface area (Å²) < 4.78 is 5.59. The van der Waals surface area contributed by atoms with E-state index >= 15 is 0 Å². The minimum Gasteiger partial charge on any atom is -0.378 e. The van der Waals surface area contributed by atoms with Crippen molar-refractivity contribution in [2.75, 3.05) is 49.3 Å². The monoisotopic (exact) mass is 489 g/mol. The predicted octanol–water partition coefficient (Wildman–Crippen LogP) is 4.52. The normalized spacial score (nSPS) is 15.6. The lowest BCUT2D eigenvalue weighted by Gasteiger charge is -2.34. The second-order valence-corrected chi connectivity index (χ2v) is 9.86. The molecule has 1 aromatic heterocycles. The number of aromatic nitrogens is 2. The lowest BCUT2D eigenvalue weighted by atomic mass is 10.0. The summed E-state index contributed by atoms with van der Waals surface area (Å²) in [4.78, 5) is 28.4. The Morgan fingerprint density at radius 3 is 2.63 bits per heavy atom. The number of anilines is 2. The van der Waals surface area contributed by atoms with Gasteiger partial charge in [0.1, 0.15) is 11.6 Å². The average Bonchev–Trinajstić information content (AvgIpc) is 2.89. The van der Waals surface area contributed by atoms with Crippen LogP contribution in [-0.2, 0) is 24.1 Å². The van der Waals surface area contributed by atoms with Gasteiger partial charge in [-0.25, -0.2) is 14.8 Å². The van der Waals surface area contributed by atoms with E-state index in [9.17, 15) is 4.79 Å². The van der Waals surface area contributed by atoms with Gasteiger partial charge in [-0.3, -0.25) is 0 Å². The first-order chi connectivity index (χ1) is 17.1. The van der Waals surface area contributed by atoms with Crippen LogP contribution in [0.3, 0.4) is 0 Å². The summed E-state index contributed by atoms with van der Waals surface area (Å²) in [6.45, 7) is 6.19. The number of hydrogen-bond donors (Lipinski definition) is 1. The van der Waals surface area contributed by atoms with E-state index in [1.165, 1.54) is 16.0 Å². The molecule has 7 nitrogen and oxygen atoms in total. The molecular weight excluding hydrogens is 458 g/mol. The molecule has 0 unspecified atom stereocenters. The molecule has 0 radical (unpaired) electrons. The summed E-state index contributed by atoms with van der Waals surface area (Å²) in [7, 11) is 0. The van der Waals surface area contributed by atoms with E-state index in [0.717, 1.165) is 48.1 Å². The van der Waals surface area contributed by atoms with Crippen LogP contribution in [0.5, 0.6) is 0 Å². The molecule has 0 atom stereocenters. The van der Waals surface area contributed by atoms with E-state index < -0.39 is 0 Å². The number of aryl methyl sites for hydroxylation is 1. The van der Waals surface area contributed by atoms with Gasteiger partial charge < -0.3 is 19.9 Å². The Labute approximate surface area is 210 Å². The number of ether oxygens (including phenoxy) is 1. The highest BCUT2D eigenvalue weighted by Crippen LogP contribution is 2.29. The number of rotatable bonds is 5. The number of nitrogens with zero attached hydrogens (tertiary/aromatic N) is 4. The minimum absolute atomic E-state index is 0.0932. The molecule has 1 N–H and O–H groups in total. The molecule has 0 aliphatic carbocycles. The van der Waals surface area contributed by atoms with Gasteiger partial charge in [-0.05, 0) is 43.0 Å². The number of nitrogens with one attached hydrogen (secondary N) is 1. The molecule has 0 saturated carbocycles. The quantitative estimate of drug-likeness (QED) is 0.531. The van der Waals surface area contributed by atoms with Crippen molar-refractivity contribution >= 4 is 29.3 Å². The number of hydrogen-bond acceptors (Lipinski definition) is 6. The third-order valence-electron chi connectivity index (χ3n) is 6.47. The first-order valence-corrected chi connectivity index (χ1v) is 13.3. The maximum Gasteiger partial charge on any atom is 0.322 e. The van der Waals surface area contributed by atoms with Crippen LogP contribution < -0.4 is 10.2 Å². The van der Waals surface area contributed by atoms with Gasteiger partial charge in [0.15, 0.2) is 0 Å². The molecule has 2 aliphatic heterocycles. The van der Waals surface area contributed by atoms with Gasteiger partial charge in [0.2, 0.25) is 0 Å². The first-order valence-electron chi connectivity index (χ1n) is 12.1. The standard InChI is InChI=1S/C27H31N5O2S/c1-19-4-3-5-20(16-19)17-25-29-24-10-11-32(27(33)28-21-6-8-22(35-2)9-7-21)18-23(24)26(30-25)31-12-14-34-15-13-31/h3-9,16H,10-15,17-18H2,1-2H3,(H,28,33). The Kier molecular flexibility index (Phi) is 7.20. The van der Waals surface area contributed by atoms with Gasteiger partial charge in [-0.15, -0.1) is 11.8 Å². The zero-order valence-electron chi connectivity index (χ0n) is 20.3. The summed E-state index contributed by atoms with van der Waals surface area (Å²) in [5.74, 6) is 1.78. The Balaban J connectivity index is 1.39. The van der Waals surface area contributed by atoms with Crippen LogP contribution in [0.4, 0.5) is 16.3 Å². The zero-order chi connectivity index (χ0) is 24.2. The summed E-state index contributed by atoms with van der Waals surface area (Å²) in [5, 5.41) is 3.05. The van der Waals surface area contributed by atoms with Crippen LogP contribution in [0.2, 0.25) is 0 Å². The maximum atomic E-state index is 13.1. The van der Waals surface area contributed by atoms with E-state index in [1.54, 1.807) is 11.8 Å². The fourth-order valence-corrected chi connectivity index (χ4v) is 5.03. The van der Waals surface area contributed by atoms with E-state index in [-0.39, 0.29) is 6.03 Å². The predicted molar refractivity (Wildman–Crippen MR) is 140 cm³/mol. The highest BCUT2D eigenvalue weighted by molar-refractivity contribution is 7.98. The number of fused-ring (bicyclic) bond motifs is 1. The first kappa shape index (κ1) is 23.6. The SMILES string of the molecule is CSc1ccc(NC(=O)N2CCc3nc(Cc4cccc(C)c4)nc(N4CCOCC4)c3C2)cc1. The van der Waals surface area contributed by atoms with Crippen molar-refractivity contribution in [1.29, 1.82) is 0 Å². The number of morpholine rings is 1.